The van der Waals surface area contributed by atoms with Crippen molar-refractivity contribution < 1.29 is 0 Å². The number of nitrogens with zero attached hydrogens (tertiary/aromatic N) is 3. The molecule has 0 spiro atoms. The fourth-order valence-electron chi connectivity index (χ4n) is 4.05. The summed E-state index contributed by atoms with van der Waals surface area (Å²) in [6.45, 7) is 4.53. The van der Waals surface area contributed by atoms with E-state index in [1.165, 1.54) is 10.9 Å². The number of nitrogens with one attached hydrogen (secondary N) is 1. The second-order valence-corrected chi connectivity index (χ2v) is 7.76. The Morgan fingerprint density at radius 3 is 2.33 bits per heavy atom. The quantitative estimate of drug-likeness (QED) is 0.568. The lowest BCUT2D eigenvalue weighted by atomic mass is 10.1. The molecular formula is C25H24N4O. The molecular weight excluding hydrogens is 372 g/mol. The number of hydrogen-bond acceptors (Lipinski definition) is 4. The van der Waals surface area contributed by atoms with Crippen LogP contribution >= 0.6 is 0 Å². The van der Waals surface area contributed by atoms with Gasteiger partial charge in [0.05, 0.1) is 5.69 Å². The lowest BCUT2D eigenvalue weighted by molar-refractivity contribution is 0.248. The lowest BCUT2D eigenvalue weighted by Crippen LogP contribution is -2.46. The number of anilines is 1. The predicted octanol–water partition coefficient (Wildman–Crippen LogP) is 3.91. The summed E-state index contributed by atoms with van der Waals surface area (Å²) in [5, 5.41) is 2.33. The second kappa shape index (κ2) is 8.13. The summed E-state index contributed by atoms with van der Waals surface area (Å²) in [5.74, 6) is 0.657. The number of benzene rings is 3. The van der Waals surface area contributed by atoms with Gasteiger partial charge in [0.2, 0.25) is 5.95 Å². The van der Waals surface area contributed by atoms with E-state index in [2.05, 4.69) is 63.3 Å². The van der Waals surface area contributed by atoms with E-state index in [0.29, 0.717) is 11.6 Å². The Morgan fingerprint density at radius 1 is 0.800 bits per heavy atom. The molecule has 1 aliphatic rings. The molecule has 5 nitrogen and oxygen atoms in total. The molecule has 1 saturated heterocycles. The minimum Gasteiger partial charge on any atom is -0.340 e. The van der Waals surface area contributed by atoms with Gasteiger partial charge in [0.15, 0.2) is 0 Å². The van der Waals surface area contributed by atoms with E-state index in [1.54, 1.807) is 6.07 Å². The van der Waals surface area contributed by atoms with Gasteiger partial charge in [-0.15, -0.1) is 0 Å². The van der Waals surface area contributed by atoms with Crippen molar-refractivity contribution in [3.05, 3.63) is 94.8 Å². The fourth-order valence-corrected chi connectivity index (χ4v) is 4.05. The van der Waals surface area contributed by atoms with Gasteiger partial charge in [-0.1, -0.05) is 66.7 Å². The summed E-state index contributed by atoms with van der Waals surface area (Å²) >= 11 is 0. The van der Waals surface area contributed by atoms with E-state index in [1.807, 2.05) is 24.3 Å². The van der Waals surface area contributed by atoms with Crippen LogP contribution in [0, 0.1) is 0 Å². The highest BCUT2D eigenvalue weighted by Gasteiger charge is 2.19. The highest BCUT2D eigenvalue weighted by Crippen LogP contribution is 2.23. The molecule has 1 fully saturated rings. The van der Waals surface area contributed by atoms with Crippen LogP contribution in [-0.2, 0) is 6.54 Å². The molecule has 1 aromatic heterocycles. The van der Waals surface area contributed by atoms with Crippen molar-refractivity contribution in [1.29, 1.82) is 0 Å². The molecule has 4 aromatic rings. The molecule has 0 atom stereocenters. The van der Waals surface area contributed by atoms with E-state index in [0.717, 1.165) is 43.7 Å². The Bertz CT molecular complexity index is 1210. The monoisotopic (exact) mass is 396 g/mol. The number of hydrogen-bond donors (Lipinski definition) is 1. The number of aromatic nitrogens is 2. The molecule has 5 rings (SSSR count). The van der Waals surface area contributed by atoms with Gasteiger partial charge in [-0.25, -0.2) is 4.98 Å². The molecule has 0 amide bonds. The number of H-pyrrole nitrogens is 1. The van der Waals surface area contributed by atoms with Crippen LogP contribution in [0.4, 0.5) is 5.95 Å². The molecule has 0 aliphatic carbocycles. The Balaban J connectivity index is 1.34. The van der Waals surface area contributed by atoms with Crippen LogP contribution in [0.1, 0.15) is 5.56 Å². The summed E-state index contributed by atoms with van der Waals surface area (Å²) in [6.07, 6.45) is 0. The number of aromatic amines is 1. The molecule has 2 heterocycles. The minimum absolute atomic E-state index is 0.116. The van der Waals surface area contributed by atoms with Crippen molar-refractivity contribution in [3.63, 3.8) is 0 Å². The normalized spacial score (nSPS) is 14.9. The van der Waals surface area contributed by atoms with Gasteiger partial charge in [-0.05, 0) is 22.4 Å². The zero-order valence-corrected chi connectivity index (χ0v) is 16.8. The molecule has 1 aliphatic heterocycles. The van der Waals surface area contributed by atoms with Crippen LogP contribution in [0.15, 0.2) is 83.7 Å². The molecule has 5 heteroatoms. The Labute approximate surface area is 175 Å². The van der Waals surface area contributed by atoms with Gasteiger partial charge in [0, 0.05) is 44.4 Å². The van der Waals surface area contributed by atoms with Crippen LogP contribution in [0.25, 0.3) is 22.0 Å². The standard InChI is InChI=1S/C25H24N4O/c30-24-17-23(22-11-10-20-8-4-5-9-21(20)16-22)26-25(27-24)29-14-12-28(13-15-29)18-19-6-2-1-3-7-19/h1-11,16-17H,12-15,18H2,(H,26,27,30). The molecule has 0 unspecified atom stereocenters. The average Bonchev–Trinajstić information content (AvgIpc) is 2.79. The first-order chi connectivity index (χ1) is 14.7. The van der Waals surface area contributed by atoms with Crippen LogP contribution < -0.4 is 10.5 Å². The van der Waals surface area contributed by atoms with Crippen LogP contribution in [0.2, 0.25) is 0 Å². The third-order valence-corrected chi connectivity index (χ3v) is 5.70. The molecule has 30 heavy (non-hydrogen) atoms. The van der Waals surface area contributed by atoms with Gasteiger partial charge >= 0.3 is 0 Å². The van der Waals surface area contributed by atoms with E-state index in [4.69, 9.17) is 4.98 Å². The molecule has 0 saturated carbocycles. The first-order valence-electron chi connectivity index (χ1n) is 10.4. The van der Waals surface area contributed by atoms with Crippen LogP contribution in [0.3, 0.4) is 0 Å². The molecule has 0 bridgehead atoms. The topological polar surface area (TPSA) is 52.2 Å². The van der Waals surface area contributed by atoms with Gasteiger partial charge in [0.1, 0.15) is 0 Å². The highest BCUT2D eigenvalue weighted by molar-refractivity contribution is 5.86. The number of rotatable bonds is 4. The van der Waals surface area contributed by atoms with E-state index >= 15 is 0 Å². The van der Waals surface area contributed by atoms with Gasteiger partial charge in [0.25, 0.3) is 5.56 Å². The van der Waals surface area contributed by atoms with Crippen molar-refractivity contribution in [2.24, 2.45) is 0 Å². The molecule has 3 aromatic carbocycles. The molecule has 0 radical (unpaired) electrons. The Morgan fingerprint density at radius 2 is 1.53 bits per heavy atom. The lowest BCUT2D eigenvalue weighted by Gasteiger charge is -2.35. The van der Waals surface area contributed by atoms with Gasteiger partial charge in [-0.3, -0.25) is 14.7 Å². The van der Waals surface area contributed by atoms with Crippen molar-refractivity contribution in [1.82, 2.24) is 14.9 Å². The number of fused-ring (bicyclic) bond motifs is 1. The summed E-state index contributed by atoms with van der Waals surface area (Å²) in [5.41, 5.74) is 2.89. The van der Waals surface area contributed by atoms with Gasteiger partial charge in [-0.2, -0.15) is 0 Å². The average molecular weight is 396 g/mol. The second-order valence-electron chi connectivity index (χ2n) is 7.76. The molecule has 150 valence electrons. The predicted molar refractivity (Wildman–Crippen MR) is 122 cm³/mol. The van der Waals surface area contributed by atoms with Crippen LogP contribution in [0.5, 0.6) is 0 Å². The smallest absolute Gasteiger partial charge is 0.252 e. The van der Waals surface area contributed by atoms with Crippen molar-refractivity contribution in [2.75, 3.05) is 31.1 Å². The third-order valence-electron chi connectivity index (χ3n) is 5.70. The van der Waals surface area contributed by atoms with Crippen molar-refractivity contribution in [3.8, 4) is 11.3 Å². The summed E-state index contributed by atoms with van der Waals surface area (Å²) in [4.78, 5) is 24.7. The zero-order valence-electron chi connectivity index (χ0n) is 16.8. The number of piperazine rings is 1. The highest BCUT2D eigenvalue weighted by atomic mass is 16.1. The van der Waals surface area contributed by atoms with E-state index in [9.17, 15) is 4.79 Å². The Hall–Kier alpha value is -3.44. The van der Waals surface area contributed by atoms with Crippen molar-refractivity contribution in [2.45, 2.75) is 6.54 Å². The maximum absolute atomic E-state index is 12.4. The van der Waals surface area contributed by atoms with E-state index < -0.39 is 0 Å². The third kappa shape index (κ3) is 3.98. The van der Waals surface area contributed by atoms with Crippen LogP contribution in [-0.4, -0.2) is 41.0 Å². The zero-order chi connectivity index (χ0) is 20.3. The Kier molecular flexibility index (Phi) is 5.03. The maximum atomic E-state index is 12.4. The first-order valence-corrected chi connectivity index (χ1v) is 10.4. The summed E-state index contributed by atoms with van der Waals surface area (Å²) in [7, 11) is 0. The van der Waals surface area contributed by atoms with Gasteiger partial charge < -0.3 is 4.90 Å². The minimum atomic E-state index is -0.116. The van der Waals surface area contributed by atoms with E-state index in [-0.39, 0.29) is 5.56 Å². The molecule has 1 N–H and O–H groups in total. The SMILES string of the molecule is O=c1cc(-c2ccc3ccccc3c2)nc(N2CCN(Cc3ccccc3)CC2)[nH]1. The summed E-state index contributed by atoms with van der Waals surface area (Å²) < 4.78 is 0. The largest absolute Gasteiger partial charge is 0.340 e. The first kappa shape index (κ1) is 18.6. The maximum Gasteiger partial charge on any atom is 0.252 e. The summed E-state index contributed by atoms with van der Waals surface area (Å²) in [6, 6.07) is 26.6. The van der Waals surface area contributed by atoms with Crippen molar-refractivity contribution >= 4 is 16.7 Å². The fraction of sp³-hybridized carbons (Fsp3) is 0.200.